The molecule has 6 heteroatoms. The Hall–Kier alpha value is -1.92. The topological polar surface area (TPSA) is 48.5 Å². The van der Waals surface area contributed by atoms with Gasteiger partial charge in [-0.05, 0) is 25.0 Å². The fraction of sp³-hybridized carbons (Fsp3) is 0.444. The van der Waals surface area contributed by atoms with E-state index < -0.39 is 0 Å². The van der Waals surface area contributed by atoms with Crippen LogP contribution in [-0.2, 0) is 4.79 Å². The van der Waals surface area contributed by atoms with Crippen LogP contribution in [0.2, 0.25) is 0 Å². The van der Waals surface area contributed by atoms with Crippen molar-refractivity contribution in [2.24, 2.45) is 0 Å². The number of piperazine rings is 1. The maximum absolute atomic E-state index is 12.3. The van der Waals surface area contributed by atoms with Crippen molar-refractivity contribution >= 4 is 22.4 Å². The molecule has 1 aliphatic rings. The predicted molar refractivity (Wildman–Crippen MR) is 98.5 cm³/mol. The van der Waals surface area contributed by atoms with Crippen LogP contribution in [0.25, 0.3) is 0 Å². The number of nitrogens with one attached hydrogen (secondary N) is 1. The maximum atomic E-state index is 12.3. The van der Waals surface area contributed by atoms with Gasteiger partial charge in [0.2, 0.25) is 5.91 Å². The number of hydrogen-bond acceptors (Lipinski definition) is 5. The van der Waals surface area contributed by atoms with Gasteiger partial charge >= 0.3 is 0 Å². The number of benzene rings is 1. The summed E-state index contributed by atoms with van der Waals surface area (Å²) in [5, 5.41) is 6.20. The van der Waals surface area contributed by atoms with E-state index in [9.17, 15) is 4.79 Å². The molecule has 0 aliphatic carbocycles. The summed E-state index contributed by atoms with van der Waals surface area (Å²) >= 11 is 1.67. The second-order valence-corrected chi connectivity index (χ2v) is 7.10. The van der Waals surface area contributed by atoms with Gasteiger partial charge < -0.3 is 10.2 Å². The van der Waals surface area contributed by atoms with E-state index in [1.807, 2.05) is 30.6 Å². The van der Waals surface area contributed by atoms with Gasteiger partial charge in [0.1, 0.15) is 0 Å². The van der Waals surface area contributed by atoms with Crippen molar-refractivity contribution in [1.82, 2.24) is 15.2 Å². The van der Waals surface area contributed by atoms with Gasteiger partial charge in [-0.3, -0.25) is 9.69 Å². The van der Waals surface area contributed by atoms with Gasteiger partial charge in [-0.25, -0.2) is 4.98 Å². The number of carbonyl (C=O) groups is 1. The molecule has 5 nitrogen and oxygen atoms in total. The average Bonchev–Trinajstić information content (AvgIpc) is 3.10. The summed E-state index contributed by atoms with van der Waals surface area (Å²) in [5.41, 5.74) is 2.39. The maximum Gasteiger partial charge on any atom is 0.234 e. The molecule has 1 atom stereocenters. The van der Waals surface area contributed by atoms with E-state index in [1.165, 1.54) is 11.1 Å². The van der Waals surface area contributed by atoms with E-state index in [4.69, 9.17) is 0 Å². The molecule has 2 heterocycles. The normalized spacial score (nSPS) is 16.8. The Kier molecular flexibility index (Phi) is 5.48. The highest BCUT2D eigenvalue weighted by Gasteiger charge is 2.21. The van der Waals surface area contributed by atoms with E-state index in [0.717, 1.165) is 31.3 Å². The van der Waals surface area contributed by atoms with Crippen LogP contribution in [0.5, 0.6) is 0 Å². The molecule has 0 spiro atoms. The molecule has 1 aliphatic heterocycles. The summed E-state index contributed by atoms with van der Waals surface area (Å²) < 4.78 is 0. The molecule has 0 saturated carbocycles. The average molecular weight is 344 g/mol. The van der Waals surface area contributed by atoms with Crippen LogP contribution in [0, 0.1) is 6.92 Å². The predicted octanol–water partition coefficient (Wildman–Crippen LogP) is 2.45. The van der Waals surface area contributed by atoms with Gasteiger partial charge in [-0.2, -0.15) is 0 Å². The molecule has 1 fully saturated rings. The molecule has 0 bridgehead atoms. The number of hydrogen-bond donors (Lipinski definition) is 1. The van der Waals surface area contributed by atoms with E-state index in [-0.39, 0.29) is 11.9 Å². The lowest BCUT2D eigenvalue weighted by molar-refractivity contribution is -0.123. The molecule has 0 radical (unpaired) electrons. The number of carbonyl (C=O) groups excluding carboxylic acids is 1. The second kappa shape index (κ2) is 7.77. The summed E-state index contributed by atoms with van der Waals surface area (Å²) in [6, 6.07) is 8.23. The van der Waals surface area contributed by atoms with Gasteiger partial charge in [0, 0.05) is 37.8 Å². The lowest BCUT2D eigenvalue weighted by Crippen LogP contribution is -2.49. The molecular weight excluding hydrogens is 320 g/mol. The third kappa shape index (κ3) is 4.13. The van der Waals surface area contributed by atoms with E-state index in [0.29, 0.717) is 6.54 Å². The minimum absolute atomic E-state index is 0.0373. The van der Waals surface area contributed by atoms with Crippen LogP contribution >= 0.6 is 11.3 Å². The zero-order valence-corrected chi connectivity index (χ0v) is 15.1. The van der Waals surface area contributed by atoms with Gasteiger partial charge in [0.15, 0.2) is 5.13 Å². The molecule has 1 amide bonds. The summed E-state index contributed by atoms with van der Waals surface area (Å²) in [6.07, 6.45) is 1.84. The third-order valence-electron chi connectivity index (χ3n) is 4.46. The van der Waals surface area contributed by atoms with Crippen LogP contribution in [0.4, 0.5) is 5.13 Å². The number of aryl methyl sites for hydroxylation is 1. The lowest BCUT2D eigenvalue weighted by Gasteiger charge is -2.34. The molecule has 24 heavy (non-hydrogen) atoms. The third-order valence-corrected chi connectivity index (χ3v) is 5.29. The van der Waals surface area contributed by atoms with Crippen LogP contribution in [0.1, 0.15) is 24.1 Å². The molecule has 1 N–H and O–H groups in total. The highest BCUT2D eigenvalue weighted by atomic mass is 32.1. The van der Waals surface area contributed by atoms with Crippen molar-refractivity contribution in [2.45, 2.75) is 19.9 Å². The van der Waals surface area contributed by atoms with Crippen LogP contribution in [0.3, 0.4) is 0 Å². The van der Waals surface area contributed by atoms with Crippen molar-refractivity contribution in [1.29, 1.82) is 0 Å². The van der Waals surface area contributed by atoms with Crippen molar-refractivity contribution in [3.63, 3.8) is 0 Å². The van der Waals surface area contributed by atoms with Gasteiger partial charge in [-0.1, -0.05) is 24.3 Å². The summed E-state index contributed by atoms with van der Waals surface area (Å²) in [5.74, 6) is 0.0912. The van der Waals surface area contributed by atoms with Gasteiger partial charge in [-0.15, -0.1) is 11.3 Å². The zero-order chi connectivity index (χ0) is 16.9. The SMILES string of the molecule is Cc1ccccc1C(C)NC(=O)CN1CCN(c2nccs2)CC1. The number of thiazole rings is 1. The Labute approximate surface area is 147 Å². The molecule has 3 rings (SSSR count). The fourth-order valence-corrected chi connectivity index (χ4v) is 3.81. The summed E-state index contributed by atoms with van der Waals surface area (Å²) in [7, 11) is 0. The standard InChI is InChI=1S/C18H24N4OS/c1-14-5-3-4-6-16(14)15(2)20-17(23)13-21-8-10-22(11-9-21)18-19-7-12-24-18/h3-7,12,15H,8-11,13H2,1-2H3,(H,20,23). The van der Waals surface area contributed by atoms with Gasteiger partial charge in [0.05, 0.1) is 12.6 Å². The Balaban J connectivity index is 1.47. The largest absolute Gasteiger partial charge is 0.348 e. The number of rotatable bonds is 5. The summed E-state index contributed by atoms with van der Waals surface area (Å²) in [4.78, 5) is 21.2. The first-order valence-corrected chi connectivity index (χ1v) is 9.23. The number of anilines is 1. The minimum atomic E-state index is 0.0373. The molecule has 1 unspecified atom stereocenters. The van der Waals surface area contributed by atoms with E-state index in [2.05, 4.69) is 39.2 Å². The van der Waals surface area contributed by atoms with Crippen molar-refractivity contribution < 1.29 is 4.79 Å². The Bertz CT molecular complexity index is 665. The van der Waals surface area contributed by atoms with Crippen LogP contribution < -0.4 is 10.2 Å². The smallest absolute Gasteiger partial charge is 0.234 e. The minimum Gasteiger partial charge on any atom is -0.348 e. The molecule has 1 saturated heterocycles. The van der Waals surface area contributed by atoms with Crippen molar-refractivity contribution in [3.8, 4) is 0 Å². The molecule has 2 aromatic rings. The molecule has 128 valence electrons. The molecular formula is C18H24N4OS. The Morgan fingerprint density at radius 1 is 1.29 bits per heavy atom. The monoisotopic (exact) mass is 344 g/mol. The van der Waals surface area contributed by atoms with Crippen molar-refractivity contribution in [2.75, 3.05) is 37.6 Å². The quantitative estimate of drug-likeness (QED) is 0.905. The Morgan fingerprint density at radius 2 is 2.04 bits per heavy atom. The van der Waals surface area contributed by atoms with Crippen LogP contribution in [-0.4, -0.2) is 48.5 Å². The first kappa shape index (κ1) is 16.9. The first-order chi connectivity index (χ1) is 11.6. The fourth-order valence-electron chi connectivity index (χ4n) is 3.11. The number of nitrogens with zero attached hydrogens (tertiary/aromatic N) is 3. The summed E-state index contributed by atoms with van der Waals surface area (Å²) in [6.45, 7) is 8.22. The highest BCUT2D eigenvalue weighted by molar-refractivity contribution is 7.13. The van der Waals surface area contributed by atoms with Crippen molar-refractivity contribution in [3.05, 3.63) is 47.0 Å². The first-order valence-electron chi connectivity index (χ1n) is 8.35. The highest BCUT2D eigenvalue weighted by Crippen LogP contribution is 2.19. The Morgan fingerprint density at radius 3 is 2.71 bits per heavy atom. The van der Waals surface area contributed by atoms with E-state index >= 15 is 0 Å². The number of aromatic nitrogens is 1. The lowest BCUT2D eigenvalue weighted by atomic mass is 10.0. The zero-order valence-electron chi connectivity index (χ0n) is 14.2. The van der Waals surface area contributed by atoms with Crippen LogP contribution in [0.15, 0.2) is 35.8 Å². The number of amides is 1. The van der Waals surface area contributed by atoms with E-state index in [1.54, 1.807) is 11.3 Å². The molecule has 1 aromatic carbocycles. The molecule has 1 aromatic heterocycles. The van der Waals surface area contributed by atoms with Gasteiger partial charge in [0.25, 0.3) is 0 Å². The second-order valence-electron chi connectivity index (χ2n) is 6.22.